The molecule has 0 aliphatic carbocycles. The van der Waals surface area contributed by atoms with Gasteiger partial charge in [-0.3, -0.25) is 14.2 Å². The Bertz CT molecular complexity index is 1480. The average molecular weight is 543 g/mol. The van der Waals surface area contributed by atoms with Crippen LogP contribution in [-0.4, -0.2) is 52.8 Å². The summed E-state index contributed by atoms with van der Waals surface area (Å²) in [4.78, 5) is 38.8. The number of hydrogen-bond donors (Lipinski definition) is 2. The molecular weight excluding hydrogens is 519 g/mol. The molecule has 0 radical (unpaired) electrons. The number of rotatable bonds is 10. The van der Waals surface area contributed by atoms with Gasteiger partial charge in [-0.25, -0.2) is 9.97 Å². The molecule has 0 aliphatic heterocycles. The first-order valence-electron chi connectivity index (χ1n) is 11.2. The summed E-state index contributed by atoms with van der Waals surface area (Å²) in [5.74, 6) is 0.670. The number of nitrogens with one attached hydrogen (secondary N) is 2. The fraction of sp³-hybridized carbons (Fsp3) is 0.240. The van der Waals surface area contributed by atoms with Crippen LogP contribution in [0.25, 0.3) is 22.4 Å². The molecule has 0 unspecified atom stereocenters. The number of methoxy groups -OCH3 is 2. The maximum Gasteiger partial charge on any atom is 0.278 e. The summed E-state index contributed by atoms with van der Waals surface area (Å²) in [6, 6.07) is 12.3. The van der Waals surface area contributed by atoms with Crippen LogP contribution in [0.1, 0.15) is 5.56 Å². The van der Waals surface area contributed by atoms with Gasteiger partial charge in [0.05, 0.1) is 23.4 Å². The minimum absolute atomic E-state index is 0.0754. The van der Waals surface area contributed by atoms with E-state index < -0.39 is 0 Å². The van der Waals surface area contributed by atoms with Gasteiger partial charge in [-0.15, -0.1) is 0 Å². The lowest BCUT2D eigenvalue weighted by atomic mass is 10.1. The van der Waals surface area contributed by atoms with E-state index in [0.717, 1.165) is 5.56 Å². The van der Waals surface area contributed by atoms with Crippen molar-refractivity contribution in [2.24, 2.45) is 0 Å². The predicted octanol–water partition coefficient (Wildman–Crippen LogP) is 3.54. The van der Waals surface area contributed by atoms with Crippen molar-refractivity contribution < 1.29 is 14.3 Å². The fourth-order valence-corrected chi connectivity index (χ4v) is 3.91. The summed E-state index contributed by atoms with van der Waals surface area (Å²) in [5.41, 5.74) is 2.13. The maximum absolute atomic E-state index is 13.5. The third-order valence-corrected chi connectivity index (χ3v) is 6.16. The zero-order valence-corrected chi connectivity index (χ0v) is 21.6. The molecule has 0 saturated heterocycles. The summed E-state index contributed by atoms with van der Waals surface area (Å²) >= 11 is 12.1. The van der Waals surface area contributed by atoms with Crippen LogP contribution in [0.3, 0.4) is 0 Å². The van der Waals surface area contributed by atoms with Gasteiger partial charge in [-0.2, -0.15) is 4.98 Å². The fourth-order valence-electron chi connectivity index (χ4n) is 3.59. The molecule has 37 heavy (non-hydrogen) atoms. The van der Waals surface area contributed by atoms with E-state index >= 15 is 0 Å². The van der Waals surface area contributed by atoms with Crippen molar-refractivity contribution >= 4 is 46.2 Å². The van der Waals surface area contributed by atoms with E-state index in [2.05, 4.69) is 25.6 Å². The zero-order valence-electron chi connectivity index (χ0n) is 20.1. The van der Waals surface area contributed by atoms with Gasteiger partial charge in [-0.05, 0) is 42.0 Å². The topological polar surface area (TPSA) is 120 Å². The summed E-state index contributed by atoms with van der Waals surface area (Å²) in [7, 11) is 3.00. The first-order valence-corrected chi connectivity index (χ1v) is 12.0. The van der Waals surface area contributed by atoms with E-state index in [4.69, 9.17) is 32.7 Å². The maximum atomic E-state index is 13.5. The van der Waals surface area contributed by atoms with Crippen LogP contribution in [0.4, 0.5) is 5.95 Å². The quantitative estimate of drug-likeness (QED) is 0.312. The number of nitrogens with zero attached hydrogens (tertiary/aromatic N) is 4. The Balaban J connectivity index is 1.68. The number of hydrogen-bond acceptors (Lipinski definition) is 8. The molecular formula is C25H24Cl2N6O4. The Kier molecular flexibility index (Phi) is 8.54. The molecule has 2 heterocycles. The highest BCUT2D eigenvalue weighted by atomic mass is 35.5. The highest BCUT2D eigenvalue weighted by Gasteiger charge is 2.16. The molecule has 0 aliphatic rings. The molecule has 10 nitrogen and oxygen atoms in total. The predicted molar refractivity (Wildman–Crippen MR) is 142 cm³/mol. The van der Waals surface area contributed by atoms with Crippen LogP contribution < -0.4 is 20.9 Å². The van der Waals surface area contributed by atoms with Crippen molar-refractivity contribution in [2.75, 3.05) is 32.7 Å². The number of halogens is 2. The lowest BCUT2D eigenvalue weighted by molar-refractivity contribution is -0.124. The molecule has 2 aromatic carbocycles. The Morgan fingerprint density at radius 1 is 1.05 bits per heavy atom. The lowest BCUT2D eigenvalue weighted by Crippen LogP contribution is -2.34. The van der Waals surface area contributed by atoms with E-state index in [1.165, 1.54) is 11.7 Å². The van der Waals surface area contributed by atoms with E-state index in [1.807, 2.05) is 6.07 Å². The Hall–Kier alpha value is -3.73. The molecule has 0 saturated carbocycles. The second-order valence-corrected chi connectivity index (χ2v) is 8.75. The van der Waals surface area contributed by atoms with Crippen LogP contribution >= 0.6 is 23.2 Å². The molecule has 0 spiro atoms. The van der Waals surface area contributed by atoms with Crippen LogP contribution in [0.15, 0.2) is 53.5 Å². The Labute approximate surface area is 222 Å². The average Bonchev–Trinajstić information content (AvgIpc) is 2.90. The van der Waals surface area contributed by atoms with Crippen molar-refractivity contribution in [1.29, 1.82) is 0 Å². The molecule has 192 valence electrons. The SMILES string of the molecule is COCC(=O)NCCn1c(=O)c(-c2ccc(OC)cc2)nc2cnc(NCc3ccc(Cl)c(Cl)c3)nc21. The van der Waals surface area contributed by atoms with E-state index in [1.54, 1.807) is 49.7 Å². The van der Waals surface area contributed by atoms with Crippen LogP contribution in [0, 0.1) is 0 Å². The van der Waals surface area contributed by atoms with Gasteiger partial charge in [0.1, 0.15) is 23.6 Å². The highest BCUT2D eigenvalue weighted by molar-refractivity contribution is 6.42. The largest absolute Gasteiger partial charge is 0.497 e. The number of carbonyl (C=O) groups excluding carboxylic acids is 1. The third-order valence-electron chi connectivity index (χ3n) is 5.42. The minimum Gasteiger partial charge on any atom is -0.497 e. The Morgan fingerprint density at radius 2 is 1.84 bits per heavy atom. The van der Waals surface area contributed by atoms with Gasteiger partial charge >= 0.3 is 0 Å². The molecule has 4 aromatic rings. The minimum atomic E-state index is -0.354. The summed E-state index contributed by atoms with van der Waals surface area (Å²) in [5, 5.41) is 6.77. The zero-order chi connectivity index (χ0) is 26.4. The van der Waals surface area contributed by atoms with Gasteiger partial charge in [0.25, 0.3) is 5.56 Å². The van der Waals surface area contributed by atoms with Crippen molar-refractivity contribution in [3.8, 4) is 17.0 Å². The van der Waals surface area contributed by atoms with E-state index in [9.17, 15) is 9.59 Å². The normalized spacial score (nSPS) is 10.9. The first kappa shape index (κ1) is 26.3. The second kappa shape index (κ2) is 12.0. The van der Waals surface area contributed by atoms with Crippen LogP contribution in [0.2, 0.25) is 10.0 Å². The monoisotopic (exact) mass is 542 g/mol. The van der Waals surface area contributed by atoms with Gasteiger partial charge in [0, 0.05) is 32.3 Å². The number of benzene rings is 2. The Morgan fingerprint density at radius 3 is 2.54 bits per heavy atom. The standard InChI is InChI=1S/C25H24Cl2N6O4/c1-36-14-21(34)28-9-10-33-23-20(31-22(24(33)35)16-4-6-17(37-2)7-5-16)13-30-25(32-23)29-12-15-3-8-18(26)19(27)11-15/h3-8,11,13H,9-10,12,14H2,1-2H3,(H,28,34)(H,29,30,32). The molecule has 0 atom stereocenters. The second-order valence-electron chi connectivity index (χ2n) is 7.93. The van der Waals surface area contributed by atoms with Gasteiger partial charge in [0.15, 0.2) is 5.65 Å². The third kappa shape index (κ3) is 6.34. The number of anilines is 1. The molecule has 0 bridgehead atoms. The number of amides is 1. The molecule has 1 amide bonds. The van der Waals surface area contributed by atoms with Crippen LogP contribution in [-0.2, 0) is 22.6 Å². The van der Waals surface area contributed by atoms with E-state index in [0.29, 0.717) is 45.0 Å². The van der Waals surface area contributed by atoms with E-state index in [-0.39, 0.29) is 36.9 Å². The number of carbonyl (C=O) groups is 1. The molecule has 12 heteroatoms. The molecule has 2 N–H and O–H groups in total. The van der Waals surface area contributed by atoms with Crippen molar-refractivity contribution in [3.05, 3.63) is 74.6 Å². The summed E-state index contributed by atoms with van der Waals surface area (Å²) in [6.45, 7) is 0.671. The van der Waals surface area contributed by atoms with Gasteiger partial charge < -0.3 is 20.1 Å². The van der Waals surface area contributed by atoms with Gasteiger partial charge in [0.2, 0.25) is 11.9 Å². The summed E-state index contributed by atoms with van der Waals surface area (Å²) < 4.78 is 11.5. The smallest absolute Gasteiger partial charge is 0.278 e. The number of ether oxygens (including phenoxy) is 2. The van der Waals surface area contributed by atoms with Crippen LogP contribution in [0.5, 0.6) is 5.75 Å². The van der Waals surface area contributed by atoms with Crippen molar-refractivity contribution in [1.82, 2.24) is 24.8 Å². The summed E-state index contributed by atoms with van der Waals surface area (Å²) in [6.07, 6.45) is 1.55. The molecule has 4 rings (SSSR count). The van der Waals surface area contributed by atoms with Crippen molar-refractivity contribution in [3.63, 3.8) is 0 Å². The molecule has 2 aromatic heterocycles. The van der Waals surface area contributed by atoms with Crippen molar-refractivity contribution in [2.45, 2.75) is 13.1 Å². The molecule has 0 fully saturated rings. The number of fused-ring (bicyclic) bond motifs is 1. The highest BCUT2D eigenvalue weighted by Crippen LogP contribution is 2.23. The lowest BCUT2D eigenvalue weighted by Gasteiger charge is -2.14. The number of aromatic nitrogens is 4. The first-order chi connectivity index (χ1) is 17.9. The van der Waals surface area contributed by atoms with Gasteiger partial charge in [-0.1, -0.05) is 29.3 Å².